The number of fused-ring (bicyclic) bond motifs is 1. The molecule has 3 nitrogen and oxygen atoms in total. The van der Waals surface area contributed by atoms with Crippen LogP contribution in [0, 0.1) is 17.5 Å². The number of anilines is 1. The van der Waals surface area contributed by atoms with Crippen molar-refractivity contribution >= 4 is 22.5 Å². The van der Waals surface area contributed by atoms with Crippen LogP contribution in [-0.4, -0.2) is 10.9 Å². The van der Waals surface area contributed by atoms with Gasteiger partial charge in [-0.05, 0) is 24.3 Å². The highest BCUT2D eigenvalue weighted by molar-refractivity contribution is 6.08. The quantitative estimate of drug-likeness (QED) is 0.729. The van der Waals surface area contributed by atoms with E-state index in [-0.39, 0.29) is 0 Å². The van der Waals surface area contributed by atoms with Gasteiger partial charge in [-0.3, -0.25) is 9.78 Å². The summed E-state index contributed by atoms with van der Waals surface area (Å²) in [4.78, 5) is 16.2. The van der Waals surface area contributed by atoms with Gasteiger partial charge >= 0.3 is 0 Å². The monoisotopic (exact) mass is 302 g/mol. The highest BCUT2D eigenvalue weighted by Crippen LogP contribution is 2.22. The van der Waals surface area contributed by atoms with Crippen molar-refractivity contribution in [3.63, 3.8) is 0 Å². The second kappa shape index (κ2) is 5.48. The van der Waals surface area contributed by atoms with Crippen molar-refractivity contribution in [1.29, 1.82) is 0 Å². The molecule has 22 heavy (non-hydrogen) atoms. The van der Waals surface area contributed by atoms with Crippen molar-refractivity contribution in [3.05, 3.63) is 71.7 Å². The number of carbonyl (C=O) groups is 1. The summed E-state index contributed by atoms with van der Waals surface area (Å²) in [5, 5.41) is 3.24. The van der Waals surface area contributed by atoms with Crippen LogP contribution in [0.2, 0.25) is 0 Å². The zero-order chi connectivity index (χ0) is 15.7. The second-order valence-electron chi connectivity index (χ2n) is 4.56. The highest BCUT2D eigenvalue weighted by Gasteiger charge is 2.19. The lowest BCUT2D eigenvalue weighted by Crippen LogP contribution is -2.15. The maximum absolute atomic E-state index is 13.6. The van der Waals surface area contributed by atoms with Crippen molar-refractivity contribution in [2.75, 3.05) is 5.32 Å². The van der Waals surface area contributed by atoms with Crippen LogP contribution in [0.3, 0.4) is 0 Å². The summed E-state index contributed by atoms with van der Waals surface area (Å²) >= 11 is 0. The van der Waals surface area contributed by atoms with Crippen LogP contribution in [0.1, 0.15) is 10.4 Å². The molecule has 1 heterocycles. The molecule has 0 saturated carbocycles. The number of aromatic nitrogens is 1. The van der Waals surface area contributed by atoms with Crippen molar-refractivity contribution in [2.24, 2.45) is 0 Å². The number of carbonyl (C=O) groups excluding carboxylic acids is 1. The minimum atomic E-state index is -1.68. The number of nitrogens with one attached hydrogen (secondary N) is 1. The lowest BCUT2D eigenvalue weighted by Gasteiger charge is -2.09. The SMILES string of the molecule is O=C(Nc1cccc2cccnc12)c1ccc(F)c(F)c1F. The first-order valence-corrected chi connectivity index (χ1v) is 6.36. The Hall–Kier alpha value is -2.89. The molecule has 2 aromatic carbocycles. The Labute approximate surface area is 123 Å². The molecule has 0 atom stereocenters. The maximum atomic E-state index is 13.6. The van der Waals surface area contributed by atoms with Gasteiger partial charge in [-0.25, -0.2) is 13.2 Å². The van der Waals surface area contributed by atoms with Gasteiger partial charge < -0.3 is 5.32 Å². The number of para-hydroxylation sites is 1. The molecule has 0 radical (unpaired) electrons. The van der Waals surface area contributed by atoms with Crippen LogP contribution in [0.4, 0.5) is 18.9 Å². The number of halogens is 3. The molecule has 0 saturated heterocycles. The standard InChI is InChI=1S/C16H9F3N2O/c17-11-7-6-10(13(18)14(11)19)16(22)21-12-5-1-3-9-4-2-8-20-15(9)12/h1-8H,(H,21,22). The van der Waals surface area contributed by atoms with E-state index < -0.39 is 28.9 Å². The molecule has 6 heteroatoms. The van der Waals surface area contributed by atoms with E-state index in [1.165, 1.54) is 0 Å². The van der Waals surface area contributed by atoms with E-state index in [4.69, 9.17) is 0 Å². The summed E-state index contributed by atoms with van der Waals surface area (Å²) in [5.74, 6) is -5.43. The third-order valence-corrected chi connectivity index (χ3v) is 3.16. The van der Waals surface area contributed by atoms with Gasteiger partial charge in [0, 0.05) is 11.6 Å². The zero-order valence-electron chi connectivity index (χ0n) is 11.1. The molecule has 0 bridgehead atoms. The molecule has 1 aromatic heterocycles. The van der Waals surface area contributed by atoms with Crippen LogP contribution < -0.4 is 5.32 Å². The molecule has 1 amide bonds. The van der Waals surface area contributed by atoms with Crippen molar-refractivity contribution < 1.29 is 18.0 Å². The first kappa shape index (κ1) is 14.1. The van der Waals surface area contributed by atoms with Crippen LogP contribution in [0.15, 0.2) is 48.7 Å². The van der Waals surface area contributed by atoms with Gasteiger partial charge in [-0.15, -0.1) is 0 Å². The summed E-state index contributed by atoms with van der Waals surface area (Å²) < 4.78 is 39.7. The Morgan fingerprint density at radius 3 is 2.55 bits per heavy atom. The number of nitrogens with zero attached hydrogens (tertiary/aromatic N) is 1. The Balaban J connectivity index is 1.99. The molecule has 0 fully saturated rings. The number of hydrogen-bond donors (Lipinski definition) is 1. The minimum absolute atomic E-state index is 0.354. The number of hydrogen-bond acceptors (Lipinski definition) is 2. The lowest BCUT2D eigenvalue weighted by atomic mass is 10.1. The molecule has 0 aliphatic carbocycles. The fourth-order valence-corrected chi connectivity index (χ4v) is 2.10. The van der Waals surface area contributed by atoms with E-state index in [0.717, 1.165) is 11.5 Å². The van der Waals surface area contributed by atoms with Gasteiger partial charge in [-0.1, -0.05) is 18.2 Å². The molecule has 110 valence electrons. The molecular formula is C16H9F3N2O. The van der Waals surface area contributed by atoms with Crippen molar-refractivity contribution in [3.8, 4) is 0 Å². The minimum Gasteiger partial charge on any atom is -0.320 e. The van der Waals surface area contributed by atoms with E-state index in [1.54, 1.807) is 36.5 Å². The first-order chi connectivity index (χ1) is 10.6. The van der Waals surface area contributed by atoms with Crippen molar-refractivity contribution in [2.45, 2.75) is 0 Å². The number of rotatable bonds is 2. The van der Waals surface area contributed by atoms with E-state index in [2.05, 4.69) is 10.3 Å². The van der Waals surface area contributed by atoms with E-state index >= 15 is 0 Å². The lowest BCUT2D eigenvalue weighted by molar-refractivity contribution is 0.102. The summed E-state index contributed by atoms with van der Waals surface area (Å²) in [6.07, 6.45) is 1.55. The molecule has 0 aliphatic heterocycles. The summed E-state index contributed by atoms with van der Waals surface area (Å²) in [6, 6.07) is 10.2. The second-order valence-corrected chi connectivity index (χ2v) is 4.56. The average molecular weight is 302 g/mol. The average Bonchev–Trinajstić information content (AvgIpc) is 2.53. The van der Waals surface area contributed by atoms with Crippen LogP contribution in [0.25, 0.3) is 10.9 Å². The summed E-state index contributed by atoms with van der Waals surface area (Å²) in [6.45, 7) is 0. The van der Waals surface area contributed by atoms with Gasteiger partial charge in [0.25, 0.3) is 5.91 Å². The van der Waals surface area contributed by atoms with Gasteiger partial charge in [0.1, 0.15) is 0 Å². The highest BCUT2D eigenvalue weighted by atomic mass is 19.2. The predicted molar refractivity (Wildman–Crippen MR) is 76.0 cm³/mol. The maximum Gasteiger partial charge on any atom is 0.258 e. The predicted octanol–water partition coefficient (Wildman–Crippen LogP) is 3.90. The zero-order valence-corrected chi connectivity index (χ0v) is 11.1. The Morgan fingerprint density at radius 2 is 1.73 bits per heavy atom. The Kier molecular flexibility index (Phi) is 3.50. The van der Waals surface area contributed by atoms with Gasteiger partial charge in [-0.2, -0.15) is 0 Å². The van der Waals surface area contributed by atoms with Crippen molar-refractivity contribution in [1.82, 2.24) is 4.98 Å². The van der Waals surface area contributed by atoms with Gasteiger partial charge in [0.15, 0.2) is 17.5 Å². The summed E-state index contributed by atoms with van der Waals surface area (Å²) in [5.41, 5.74) is 0.292. The molecule has 0 aliphatic rings. The number of pyridine rings is 1. The molecule has 1 N–H and O–H groups in total. The molecular weight excluding hydrogens is 293 g/mol. The third kappa shape index (κ3) is 2.39. The number of amides is 1. The topological polar surface area (TPSA) is 42.0 Å². The molecule has 0 unspecified atom stereocenters. The largest absolute Gasteiger partial charge is 0.320 e. The van der Waals surface area contributed by atoms with E-state index in [1.807, 2.05) is 0 Å². The molecule has 3 rings (SSSR count). The van der Waals surface area contributed by atoms with E-state index in [9.17, 15) is 18.0 Å². The van der Waals surface area contributed by atoms with Crippen LogP contribution in [-0.2, 0) is 0 Å². The molecule has 0 spiro atoms. The fourth-order valence-electron chi connectivity index (χ4n) is 2.10. The molecule has 3 aromatic rings. The number of benzene rings is 2. The van der Waals surface area contributed by atoms with Gasteiger partial charge in [0.05, 0.1) is 16.8 Å². The normalized spacial score (nSPS) is 10.7. The smallest absolute Gasteiger partial charge is 0.258 e. The third-order valence-electron chi connectivity index (χ3n) is 3.16. The summed E-state index contributed by atoms with van der Waals surface area (Å²) in [7, 11) is 0. The fraction of sp³-hybridized carbons (Fsp3) is 0. The Bertz CT molecular complexity index is 875. The van der Waals surface area contributed by atoms with Crippen LogP contribution in [0.5, 0.6) is 0 Å². The van der Waals surface area contributed by atoms with E-state index in [0.29, 0.717) is 17.3 Å². The first-order valence-electron chi connectivity index (χ1n) is 6.36. The van der Waals surface area contributed by atoms with Crippen LogP contribution >= 0.6 is 0 Å². The van der Waals surface area contributed by atoms with Gasteiger partial charge in [0.2, 0.25) is 0 Å². The Morgan fingerprint density at radius 1 is 0.955 bits per heavy atom.